The highest BCUT2D eigenvalue weighted by atomic mass is 32.1. The van der Waals surface area contributed by atoms with Crippen molar-refractivity contribution in [3.63, 3.8) is 0 Å². The molecule has 3 heteroatoms. The molecule has 0 bridgehead atoms. The highest BCUT2D eigenvalue weighted by Gasteiger charge is 2.26. The molecule has 0 spiro atoms. The normalized spacial score (nSPS) is 17.0. The van der Waals surface area contributed by atoms with E-state index in [0.717, 1.165) is 18.4 Å². The molecule has 1 amide bonds. The van der Waals surface area contributed by atoms with Crippen LogP contribution in [0.2, 0.25) is 0 Å². The Bertz CT molecular complexity index is 544. The van der Waals surface area contributed by atoms with Crippen LogP contribution in [0.3, 0.4) is 0 Å². The summed E-state index contributed by atoms with van der Waals surface area (Å²) in [5.74, 6) is 0.422. The van der Waals surface area contributed by atoms with E-state index in [-0.39, 0.29) is 17.9 Å². The fourth-order valence-corrected chi connectivity index (χ4v) is 3.67. The molecule has 1 aliphatic rings. The van der Waals surface area contributed by atoms with E-state index in [9.17, 15) is 4.79 Å². The number of rotatable bonds is 4. The molecule has 1 N–H and O–H groups in total. The minimum Gasteiger partial charge on any atom is -0.344 e. The zero-order valence-corrected chi connectivity index (χ0v) is 12.2. The molecule has 1 aliphatic carbocycles. The van der Waals surface area contributed by atoms with Gasteiger partial charge in [0.25, 0.3) is 0 Å². The monoisotopic (exact) mass is 285 g/mol. The quantitative estimate of drug-likeness (QED) is 0.898. The van der Waals surface area contributed by atoms with Crippen LogP contribution in [-0.2, 0) is 4.79 Å². The third-order valence-corrected chi connectivity index (χ3v) is 4.91. The van der Waals surface area contributed by atoms with Gasteiger partial charge in [-0.15, -0.1) is 11.3 Å². The van der Waals surface area contributed by atoms with Crippen LogP contribution >= 0.6 is 11.3 Å². The van der Waals surface area contributed by atoms with Crippen LogP contribution < -0.4 is 5.32 Å². The number of carbonyl (C=O) groups is 1. The molecule has 1 atom stereocenters. The number of carbonyl (C=O) groups excluding carboxylic acids is 1. The maximum atomic E-state index is 12.4. The van der Waals surface area contributed by atoms with Crippen LogP contribution in [0, 0.1) is 5.92 Å². The second kappa shape index (κ2) is 6.23. The van der Waals surface area contributed by atoms with Gasteiger partial charge in [0.05, 0.1) is 6.04 Å². The predicted octanol–water partition coefficient (Wildman–Crippen LogP) is 4.14. The van der Waals surface area contributed by atoms with Gasteiger partial charge in [0.15, 0.2) is 0 Å². The fraction of sp³-hybridized carbons (Fsp3) is 0.353. The van der Waals surface area contributed by atoms with Gasteiger partial charge in [-0.2, -0.15) is 0 Å². The topological polar surface area (TPSA) is 29.1 Å². The standard InChI is InChI=1S/C17H19NOS/c19-17(14-9-4-5-10-14)18-16(15-11-6-12-20-15)13-7-2-1-3-8-13/h1-3,6-8,11-12,14,16H,4-5,9-10H2,(H,18,19)/t16-/m1/s1. The largest absolute Gasteiger partial charge is 0.344 e. The first-order chi connectivity index (χ1) is 9.84. The van der Waals surface area contributed by atoms with E-state index >= 15 is 0 Å². The van der Waals surface area contributed by atoms with E-state index in [1.807, 2.05) is 24.3 Å². The third kappa shape index (κ3) is 2.93. The van der Waals surface area contributed by atoms with Crippen molar-refractivity contribution in [1.82, 2.24) is 5.32 Å². The Morgan fingerprint density at radius 2 is 1.85 bits per heavy atom. The molecule has 3 rings (SSSR count). The zero-order valence-electron chi connectivity index (χ0n) is 11.4. The Hall–Kier alpha value is -1.61. The molecule has 1 aromatic carbocycles. The second-order valence-corrected chi connectivity index (χ2v) is 6.33. The molecule has 0 aliphatic heterocycles. The molecule has 0 radical (unpaired) electrons. The molecule has 1 heterocycles. The van der Waals surface area contributed by atoms with Crippen LogP contribution in [0.15, 0.2) is 47.8 Å². The van der Waals surface area contributed by atoms with Crippen molar-refractivity contribution in [1.29, 1.82) is 0 Å². The smallest absolute Gasteiger partial charge is 0.223 e. The number of nitrogens with one attached hydrogen (secondary N) is 1. The van der Waals surface area contributed by atoms with Crippen LogP contribution in [-0.4, -0.2) is 5.91 Å². The van der Waals surface area contributed by atoms with E-state index < -0.39 is 0 Å². The first-order valence-corrected chi connectivity index (χ1v) is 8.11. The van der Waals surface area contributed by atoms with E-state index in [4.69, 9.17) is 0 Å². The second-order valence-electron chi connectivity index (χ2n) is 5.35. The van der Waals surface area contributed by atoms with Gasteiger partial charge in [-0.25, -0.2) is 0 Å². The molecule has 0 unspecified atom stereocenters. The molecular formula is C17H19NOS. The van der Waals surface area contributed by atoms with Crippen molar-refractivity contribution in [2.75, 3.05) is 0 Å². The lowest BCUT2D eigenvalue weighted by atomic mass is 10.0. The van der Waals surface area contributed by atoms with Crippen molar-refractivity contribution in [3.05, 3.63) is 58.3 Å². The Morgan fingerprint density at radius 3 is 2.50 bits per heavy atom. The highest BCUT2D eigenvalue weighted by molar-refractivity contribution is 7.10. The van der Waals surface area contributed by atoms with Crippen LogP contribution in [0.4, 0.5) is 0 Å². The van der Waals surface area contributed by atoms with Gasteiger partial charge in [0.1, 0.15) is 0 Å². The molecule has 104 valence electrons. The maximum absolute atomic E-state index is 12.4. The first kappa shape index (κ1) is 13.4. The number of amides is 1. The molecule has 0 saturated heterocycles. The van der Waals surface area contributed by atoms with E-state index in [1.54, 1.807) is 11.3 Å². The number of benzene rings is 1. The fourth-order valence-electron chi connectivity index (χ4n) is 2.87. The zero-order chi connectivity index (χ0) is 13.8. The van der Waals surface area contributed by atoms with Crippen molar-refractivity contribution >= 4 is 17.2 Å². The van der Waals surface area contributed by atoms with Gasteiger partial charge in [0, 0.05) is 10.8 Å². The van der Waals surface area contributed by atoms with Crippen LogP contribution in [0.1, 0.15) is 42.2 Å². The van der Waals surface area contributed by atoms with Crippen molar-refractivity contribution in [3.8, 4) is 0 Å². The summed E-state index contributed by atoms with van der Waals surface area (Å²) in [4.78, 5) is 13.6. The average molecular weight is 285 g/mol. The Morgan fingerprint density at radius 1 is 1.10 bits per heavy atom. The third-order valence-electron chi connectivity index (χ3n) is 3.97. The van der Waals surface area contributed by atoms with Crippen molar-refractivity contribution in [2.24, 2.45) is 5.92 Å². The molecular weight excluding hydrogens is 266 g/mol. The summed E-state index contributed by atoms with van der Waals surface area (Å²) in [6, 6.07) is 14.3. The number of hydrogen-bond donors (Lipinski definition) is 1. The lowest BCUT2D eigenvalue weighted by molar-refractivity contribution is -0.125. The summed E-state index contributed by atoms with van der Waals surface area (Å²) in [5, 5.41) is 5.31. The van der Waals surface area contributed by atoms with Crippen LogP contribution in [0.25, 0.3) is 0 Å². The Labute approximate surface area is 123 Å². The van der Waals surface area contributed by atoms with Gasteiger partial charge in [0.2, 0.25) is 5.91 Å². The molecule has 1 saturated carbocycles. The molecule has 2 nitrogen and oxygen atoms in total. The average Bonchev–Trinajstić information content (AvgIpc) is 3.18. The molecule has 2 aromatic rings. The Balaban J connectivity index is 1.81. The summed E-state index contributed by atoms with van der Waals surface area (Å²) >= 11 is 1.70. The maximum Gasteiger partial charge on any atom is 0.223 e. The Kier molecular flexibility index (Phi) is 4.16. The van der Waals surface area contributed by atoms with Crippen LogP contribution in [0.5, 0.6) is 0 Å². The summed E-state index contributed by atoms with van der Waals surface area (Å²) in [7, 11) is 0. The molecule has 1 aromatic heterocycles. The van der Waals surface area contributed by atoms with E-state index in [2.05, 4.69) is 28.9 Å². The minimum atomic E-state index is -0.00991. The minimum absolute atomic E-state index is 0.00991. The van der Waals surface area contributed by atoms with Gasteiger partial charge in [-0.05, 0) is 29.9 Å². The lowest BCUT2D eigenvalue weighted by Gasteiger charge is -2.20. The molecule has 1 fully saturated rings. The number of thiophene rings is 1. The van der Waals surface area contributed by atoms with Crippen molar-refractivity contribution in [2.45, 2.75) is 31.7 Å². The number of hydrogen-bond acceptors (Lipinski definition) is 2. The van der Waals surface area contributed by atoms with Gasteiger partial charge >= 0.3 is 0 Å². The van der Waals surface area contributed by atoms with Gasteiger partial charge in [-0.1, -0.05) is 49.2 Å². The van der Waals surface area contributed by atoms with Gasteiger partial charge in [-0.3, -0.25) is 4.79 Å². The highest BCUT2D eigenvalue weighted by Crippen LogP contribution is 2.29. The van der Waals surface area contributed by atoms with Crippen molar-refractivity contribution < 1.29 is 4.79 Å². The van der Waals surface area contributed by atoms with E-state index in [0.29, 0.717) is 0 Å². The molecule has 20 heavy (non-hydrogen) atoms. The predicted molar refractivity (Wildman–Crippen MR) is 82.7 cm³/mol. The van der Waals surface area contributed by atoms with E-state index in [1.165, 1.54) is 17.7 Å². The lowest BCUT2D eigenvalue weighted by Crippen LogP contribution is -2.33. The summed E-state index contributed by atoms with van der Waals surface area (Å²) < 4.78 is 0. The first-order valence-electron chi connectivity index (χ1n) is 7.23. The SMILES string of the molecule is O=C(N[C@H](c1ccccc1)c1cccs1)C1CCCC1. The summed E-state index contributed by atoms with van der Waals surface area (Å²) in [6.45, 7) is 0. The van der Waals surface area contributed by atoms with Gasteiger partial charge < -0.3 is 5.32 Å². The summed E-state index contributed by atoms with van der Waals surface area (Å²) in [5.41, 5.74) is 1.15. The summed E-state index contributed by atoms with van der Waals surface area (Å²) in [6.07, 6.45) is 4.45.